The summed E-state index contributed by atoms with van der Waals surface area (Å²) in [6, 6.07) is 11.5. The summed E-state index contributed by atoms with van der Waals surface area (Å²) in [6.07, 6.45) is 0. The Labute approximate surface area is 149 Å². The molecule has 3 aromatic rings. The van der Waals surface area contributed by atoms with Crippen LogP contribution in [0, 0.1) is 0 Å². The van der Waals surface area contributed by atoms with Crippen LogP contribution in [0.4, 0.5) is 5.69 Å². The van der Waals surface area contributed by atoms with Crippen molar-refractivity contribution in [1.82, 2.24) is 0 Å². The zero-order valence-electron chi connectivity index (χ0n) is 14.5. The lowest BCUT2D eigenvalue weighted by atomic mass is 10.1. The maximum absolute atomic E-state index is 12.5. The van der Waals surface area contributed by atoms with E-state index in [0.29, 0.717) is 33.9 Å². The molecule has 7 heteroatoms. The third-order valence-corrected chi connectivity index (χ3v) is 3.83. The van der Waals surface area contributed by atoms with Crippen LogP contribution in [0.2, 0.25) is 0 Å². The Morgan fingerprint density at radius 2 is 1.65 bits per heavy atom. The predicted octanol–water partition coefficient (Wildman–Crippen LogP) is 3.07. The first-order valence-corrected chi connectivity index (χ1v) is 7.71. The summed E-state index contributed by atoms with van der Waals surface area (Å²) in [4.78, 5) is 24.7. The highest BCUT2D eigenvalue weighted by Gasteiger charge is 2.16. The molecule has 1 aromatic heterocycles. The lowest BCUT2D eigenvalue weighted by Crippen LogP contribution is -2.20. The van der Waals surface area contributed by atoms with Crippen molar-refractivity contribution < 1.29 is 23.4 Å². The second-order valence-corrected chi connectivity index (χ2v) is 5.35. The van der Waals surface area contributed by atoms with E-state index in [4.69, 9.17) is 18.6 Å². The van der Waals surface area contributed by atoms with E-state index in [0.717, 1.165) is 0 Å². The number of para-hydroxylation sites is 1. The Hall–Kier alpha value is -3.48. The summed E-state index contributed by atoms with van der Waals surface area (Å²) >= 11 is 0. The molecule has 3 rings (SSSR count). The normalized spacial score (nSPS) is 10.4. The Bertz CT molecular complexity index is 1020. The monoisotopic (exact) mass is 355 g/mol. The molecule has 1 heterocycles. The molecule has 0 aliphatic heterocycles. The van der Waals surface area contributed by atoms with E-state index in [-0.39, 0.29) is 5.56 Å². The molecule has 0 bridgehead atoms. The summed E-state index contributed by atoms with van der Waals surface area (Å²) in [5.41, 5.74) is -0.110. The van der Waals surface area contributed by atoms with E-state index < -0.39 is 11.5 Å². The van der Waals surface area contributed by atoms with Crippen LogP contribution in [0.1, 0.15) is 10.4 Å². The molecule has 0 fully saturated rings. The SMILES string of the molecule is COc1ccc(NC(=O)c2cc3cccc(OC)c3oc2=O)cc1OC. The number of carbonyl (C=O) groups excluding carboxylic acids is 1. The minimum atomic E-state index is -0.750. The lowest BCUT2D eigenvalue weighted by molar-refractivity contribution is 0.102. The average Bonchev–Trinajstić information content (AvgIpc) is 2.66. The van der Waals surface area contributed by atoms with E-state index in [9.17, 15) is 9.59 Å². The molecule has 0 unspecified atom stereocenters. The van der Waals surface area contributed by atoms with Crippen molar-refractivity contribution >= 4 is 22.6 Å². The summed E-state index contributed by atoms with van der Waals surface area (Å²) in [6.45, 7) is 0. The Morgan fingerprint density at radius 3 is 2.35 bits per heavy atom. The van der Waals surface area contributed by atoms with Crippen molar-refractivity contribution in [1.29, 1.82) is 0 Å². The maximum Gasteiger partial charge on any atom is 0.349 e. The first kappa shape index (κ1) is 17.3. The molecule has 1 N–H and O–H groups in total. The summed E-state index contributed by atoms with van der Waals surface area (Å²) in [5.74, 6) is 0.825. The summed E-state index contributed by atoms with van der Waals surface area (Å²) in [7, 11) is 4.49. The minimum Gasteiger partial charge on any atom is -0.493 e. The fourth-order valence-corrected chi connectivity index (χ4v) is 2.55. The van der Waals surface area contributed by atoms with E-state index in [1.165, 1.54) is 27.4 Å². The van der Waals surface area contributed by atoms with Gasteiger partial charge in [0.15, 0.2) is 22.8 Å². The number of ether oxygens (including phenoxy) is 3. The Kier molecular flexibility index (Phi) is 4.79. The number of fused-ring (bicyclic) bond motifs is 1. The van der Waals surface area contributed by atoms with E-state index >= 15 is 0 Å². The summed E-state index contributed by atoms with van der Waals surface area (Å²) < 4.78 is 20.8. The number of anilines is 1. The van der Waals surface area contributed by atoms with Gasteiger partial charge in [-0.15, -0.1) is 0 Å². The smallest absolute Gasteiger partial charge is 0.349 e. The second-order valence-electron chi connectivity index (χ2n) is 5.35. The van der Waals surface area contributed by atoms with Gasteiger partial charge in [-0.1, -0.05) is 12.1 Å². The number of carbonyl (C=O) groups is 1. The van der Waals surface area contributed by atoms with Crippen molar-refractivity contribution in [2.24, 2.45) is 0 Å². The third kappa shape index (κ3) is 3.19. The number of amides is 1. The number of hydrogen-bond acceptors (Lipinski definition) is 6. The highest BCUT2D eigenvalue weighted by atomic mass is 16.5. The van der Waals surface area contributed by atoms with E-state index in [1.807, 2.05) is 0 Å². The van der Waals surface area contributed by atoms with Crippen LogP contribution in [0.15, 0.2) is 51.7 Å². The van der Waals surface area contributed by atoms with Gasteiger partial charge in [-0.25, -0.2) is 4.79 Å². The number of methoxy groups -OCH3 is 3. The van der Waals surface area contributed by atoms with Gasteiger partial charge in [0.2, 0.25) is 0 Å². The molecule has 134 valence electrons. The van der Waals surface area contributed by atoms with Crippen LogP contribution in [-0.4, -0.2) is 27.2 Å². The molecule has 1 amide bonds. The molecule has 26 heavy (non-hydrogen) atoms. The van der Waals surface area contributed by atoms with Gasteiger partial charge in [-0.05, 0) is 24.3 Å². The fourth-order valence-electron chi connectivity index (χ4n) is 2.55. The minimum absolute atomic E-state index is 0.111. The second kappa shape index (κ2) is 7.18. The number of hydrogen-bond donors (Lipinski definition) is 1. The molecule has 0 atom stereocenters. The molecule has 7 nitrogen and oxygen atoms in total. The maximum atomic E-state index is 12.5. The molecule has 0 spiro atoms. The quantitative estimate of drug-likeness (QED) is 0.708. The van der Waals surface area contributed by atoms with Crippen LogP contribution in [0.5, 0.6) is 17.2 Å². The van der Waals surface area contributed by atoms with Gasteiger partial charge in [0.25, 0.3) is 5.91 Å². The number of nitrogens with one attached hydrogen (secondary N) is 1. The number of rotatable bonds is 5. The fraction of sp³-hybridized carbons (Fsp3) is 0.158. The van der Waals surface area contributed by atoms with Crippen molar-refractivity contribution in [3.63, 3.8) is 0 Å². The van der Waals surface area contributed by atoms with Crippen LogP contribution in [-0.2, 0) is 0 Å². The lowest BCUT2D eigenvalue weighted by Gasteiger charge is -2.10. The van der Waals surface area contributed by atoms with Crippen molar-refractivity contribution in [3.8, 4) is 17.2 Å². The largest absolute Gasteiger partial charge is 0.493 e. The van der Waals surface area contributed by atoms with E-state index in [2.05, 4.69) is 5.32 Å². The molecular formula is C19H17NO6. The van der Waals surface area contributed by atoms with Crippen molar-refractivity contribution in [2.75, 3.05) is 26.6 Å². The van der Waals surface area contributed by atoms with Gasteiger partial charge in [-0.3, -0.25) is 4.79 Å². The molecule has 0 saturated heterocycles. The van der Waals surface area contributed by atoms with Crippen molar-refractivity contribution in [2.45, 2.75) is 0 Å². The molecular weight excluding hydrogens is 338 g/mol. The Morgan fingerprint density at radius 1 is 0.923 bits per heavy atom. The van der Waals surface area contributed by atoms with Gasteiger partial charge in [0.05, 0.1) is 21.3 Å². The third-order valence-electron chi connectivity index (χ3n) is 3.83. The Balaban J connectivity index is 1.95. The standard InChI is InChI=1S/C19H17NO6/c1-23-14-8-7-12(10-16(14)25-3)20-18(21)13-9-11-5-4-6-15(24-2)17(11)26-19(13)22/h4-10H,1-3H3,(H,20,21). The van der Waals surface area contributed by atoms with Crippen LogP contribution in [0.3, 0.4) is 0 Å². The summed E-state index contributed by atoms with van der Waals surface area (Å²) in [5, 5.41) is 3.24. The average molecular weight is 355 g/mol. The molecule has 2 aromatic carbocycles. The molecule has 0 saturated carbocycles. The predicted molar refractivity (Wildman–Crippen MR) is 96.5 cm³/mol. The highest BCUT2D eigenvalue weighted by molar-refractivity contribution is 6.05. The van der Waals surface area contributed by atoms with Crippen LogP contribution in [0.25, 0.3) is 11.0 Å². The highest BCUT2D eigenvalue weighted by Crippen LogP contribution is 2.30. The van der Waals surface area contributed by atoms with E-state index in [1.54, 1.807) is 36.4 Å². The molecule has 0 aliphatic carbocycles. The van der Waals surface area contributed by atoms with Gasteiger partial charge in [0.1, 0.15) is 5.56 Å². The first-order valence-electron chi connectivity index (χ1n) is 7.71. The van der Waals surface area contributed by atoms with Gasteiger partial charge in [0, 0.05) is 17.1 Å². The van der Waals surface area contributed by atoms with Crippen molar-refractivity contribution in [3.05, 3.63) is 58.4 Å². The molecule has 0 aliphatic rings. The van der Waals surface area contributed by atoms with Gasteiger partial charge < -0.3 is 23.9 Å². The van der Waals surface area contributed by atoms with Gasteiger partial charge >= 0.3 is 5.63 Å². The molecule has 0 radical (unpaired) electrons. The zero-order chi connectivity index (χ0) is 18.7. The first-order chi connectivity index (χ1) is 12.6. The zero-order valence-corrected chi connectivity index (χ0v) is 14.5. The van der Waals surface area contributed by atoms with Crippen LogP contribution < -0.4 is 25.2 Å². The number of benzene rings is 2. The topological polar surface area (TPSA) is 87.0 Å². The van der Waals surface area contributed by atoms with Crippen LogP contribution >= 0.6 is 0 Å². The van der Waals surface area contributed by atoms with Gasteiger partial charge in [-0.2, -0.15) is 0 Å².